The molecule has 6 nitrogen and oxygen atoms in total. The Labute approximate surface area is 154 Å². The molecule has 1 aromatic rings. The van der Waals surface area contributed by atoms with E-state index < -0.39 is 5.91 Å². The Morgan fingerprint density at radius 2 is 1.92 bits per heavy atom. The summed E-state index contributed by atoms with van der Waals surface area (Å²) in [6, 6.07) is 6.26. The Morgan fingerprint density at radius 3 is 2.58 bits per heavy atom. The highest BCUT2D eigenvalue weighted by atomic mass is 16.5. The summed E-state index contributed by atoms with van der Waals surface area (Å²) in [4.78, 5) is 28.9. The highest BCUT2D eigenvalue weighted by Gasteiger charge is 2.42. The van der Waals surface area contributed by atoms with E-state index in [0.29, 0.717) is 29.6 Å². The number of amides is 2. The van der Waals surface area contributed by atoms with Gasteiger partial charge in [0.15, 0.2) is 0 Å². The van der Waals surface area contributed by atoms with E-state index in [1.54, 1.807) is 19.2 Å². The lowest BCUT2D eigenvalue weighted by Crippen LogP contribution is -2.62. The Hall–Kier alpha value is -1.92. The van der Waals surface area contributed by atoms with Crippen LogP contribution in [0.4, 0.5) is 0 Å². The van der Waals surface area contributed by atoms with Crippen molar-refractivity contribution < 1.29 is 14.3 Å². The van der Waals surface area contributed by atoms with Gasteiger partial charge in [-0.25, -0.2) is 0 Å². The molecule has 0 bridgehead atoms. The maximum absolute atomic E-state index is 12.8. The number of fused-ring (bicyclic) bond motifs is 1. The lowest BCUT2D eigenvalue weighted by Gasteiger charge is -2.49. The average Bonchev–Trinajstić information content (AvgIpc) is 2.92. The van der Waals surface area contributed by atoms with Crippen molar-refractivity contribution in [1.82, 2.24) is 9.80 Å². The van der Waals surface area contributed by atoms with Crippen molar-refractivity contribution >= 4 is 11.8 Å². The fourth-order valence-corrected chi connectivity index (χ4v) is 4.78. The van der Waals surface area contributed by atoms with Gasteiger partial charge in [-0.2, -0.15) is 0 Å². The molecule has 3 aliphatic rings. The van der Waals surface area contributed by atoms with Crippen molar-refractivity contribution in [2.24, 2.45) is 11.7 Å². The molecule has 2 N–H and O–H groups in total. The van der Waals surface area contributed by atoms with Gasteiger partial charge in [-0.3, -0.25) is 14.5 Å². The number of nitrogens with zero attached hydrogens (tertiary/aromatic N) is 2. The van der Waals surface area contributed by atoms with Crippen LogP contribution in [0.2, 0.25) is 0 Å². The van der Waals surface area contributed by atoms with E-state index in [0.717, 1.165) is 25.3 Å². The summed E-state index contributed by atoms with van der Waals surface area (Å²) in [5.41, 5.74) is 7.23. The molecular weight excluding hydrogens is 330 g/mol. The predicted molar refractivity (Wildman–Crippen MR) is 97.8 cm³/mol. The summed E-state index contributed by atoms with van der Waals surface area (Å²) >= 11 is 0. The molecule has 6 heteroatoms. The summed E-state index contributed by atoms with van der Waals surface area (Å²) in [6.45, 7) is 3.34. The summed E-state index contributed by atoms with van der Waals surface area (Å²) in [7, 11) is 1.78. The monoisotopic (exact) mass is 357 g/mol. The van der Waals surface area contributed by atoms with Gasteiger partial charge in [0.25, 0.3) is 5.91 Å². The average molecular weight is 357 g/mol. The number of benzene rings is 1. The van der Waals surface area contributed by atoms with Gasteiger partial charge >= 0.3 is 0 Å². The number of carbonyl (C=O) groups is 2. The zero-order chi connectivity index (χ0) is 18.3. The van der Waals surface area contributed by atoms with Crippen LogP contribution >= 0.6 is 0 Å². The quantitative estimate of drug-likeness (QED) is 0.869. The van der Waals surface area contributed by atoms with Gasteiger partial charge in [-0.05, 0) is 43.2 Å². The number of likely N-dealkylation sites (tertiary alicyclic amines) is 1. The zero-order valence-corrected chi connectivity index (χ0v) is 15.3. The Kier molecular flexibility index (Phi) is 4.71. The molecule has 0 atom stereocenters. The number of rotatable bonds is 5. The third-order valence-corrected chi connectivity index (χ3v) is 6.30. The van der Waals surface area contributed by atoms with Crippen LogP contribution in [0, 0.1) is 5.92 Å². The minimum atomic E-state index is -0.528. The number of hydrogen-bond donors (Lipinski definition) is 1. The molecule has 1 aliphatic carbocycles. The number of nitrogens with two attached hydrogens (primary N) is 1. The lowest BCUT2D eigenvalue weighted by molar-refractivity contribution is -0.00842. The Balaban J connectivity index is 1.35. The summed E-state index contributed by atoms with van der Waals surface area (Å²) < 4.78 is 5.28. The fourth-order valence-electron chi connectivity index (χ4n) is 4.78. The van der Waals surface area contributed by atoms with Crippen LogP contribution in [0.15, 0.2) is 18.2 Å². The molecule has 2 aliphatic heterocycles. The topological polar surface area (TPSA) is 75.9 Å². The fraction of sp³-hybridized carbons (Fsp3) is 0.600. The van der Waals surface area contributed by atoms with Crippen molar-refractivity contribution in [1.29, 1.82) is 0 Å². The van der Waals surface area contributed by atoms with Gasteiger partial charge in [0, 0.05) is 39.4 Å². The molecule has 1 saturated heterocycles. The number of ether oxygens (including phenoxy) is 1. The molecule has 1 saturated carbocycles. The van der Waals surface area contributed by atoms with Crippen molar-refractivity contribution in [3.05, 3.63) is 34.9 Å². The number of primary amides is 1. The van der Waals surface area contributed by atoms with Crippen LogP contribution in [-0.2, 0) is 11.3 Å². The van der Waals surface area contributed by atoms with Crippen LogP contribution < -0.4 is 5.73 Å². The molecule has 0 aromatic heterocycles. The van der Waals surface area contributed by atoms with Gasteiger partial charge in [-0.1, -0.05) is 12.1 Å². The summed E-state index contributed by atoms with van der Waals surface area (Å²) in [5, 5.41) is 0. The number of hydrogen-bond acceptors (Lipinski definition) is 4. The molecule has 26 heavy (non-hydrogen) atoms. The van der Waals surface area contributed by atoms with E-state index >= 15 is 0 Å². The van der Waals surface area contributed by atoms with E-state index in [-0.39, 0.29) is 11.9 Å². The molecule has 2 heterocycles. The van der Waals surface area contributed by atoms with Gasteiger partial charge < -0.3 is 15.4 Å². The van der Waals surface area contributed by atoms with Crippen molar-refractivity contribution in [2.75, 3.05) is 26.8 Å². The van der Waals surface area contributed by atoms with Crippen molar-refractivity contribution in [3.8, 4) is 0 Å². The van der Waals surface area contributed by atoms with E-state index in [4.69, 9.17) is 10.5 Å². The first-order valence-electron chi connectivity index (χ1n) is 9.54. The predicted octanol–water partition coefficient (Wildman–Crippen LogP) is 1.63. The van der Waals surface area contributed by atoms with Crippen molar-refractivity contribution in [3.63, 3.8) is 0 Å². The minimum absolute atomic E-state index is 0.0390. The first-order chi connectivity index (χ1) is 12.6. The van der Waals surface area contributed by atoms with Crippen LogP contribution in [0.3, 0.4) is 0 Å². The normalized spacial score (nSPS) is 26.7. The molecule has 0 radical (unpaired) electrons. The maximum atomic E-state index is 12.8. The smallest absolute Gasteiger partial charge is 0.255 e. The second-order valence-electron chi connectivity index (χ2n) is 7.87. The molecule has 0 spiro atoms. The molecule has 2 amide bonds. The molecule has 140 valence electrons. The Bertz CT molecular complexity index is 706. The SMILES string of the molecule is COCC1CCC(N2CC(N3Cc4cccc(C(N)=O)c4C3=O)C2)CC1. The standard InChI is InChI=1S/C20H27N3O3/c1-26-12-13-5-7-15(8-6-13)22-10-16(11-22)23-9-14-3-2-4-17(19(21)24)18(14)20(23)25/h2-4,13,15-16H,5-12H2,1H3,(H2,21,24). The molecule has 4 rings (SSSR count). The van der Waals surface area contributed by atoms with Gasteiger partial charge in [0.1, 0.15) is 0 Å². The third-order valence-electron chi connectivity index (χ3n) is 6.30. The molecular formula is C20H27N3O3. The first kappa shape index (κ1) is 17.5. The second-order valence-corrected chi connectivity index (χ2v) is 7.87. The van der Waals surface area contributed by atoms with Gasteiger partial charge in [0.05, 0.1) is 17.2 Å². The van der Waals surface area contributed by atoms with E-state index in [9.17, 15) is 9.59 Å². The van der Waals surface area contributed by atoms with Crippen molar-refractivity contribution in [2.45, 2.75) is 44.3 Å². The van der Waals surface area contributed by atoms with Crippen LogP contribution in [0.5, 0.6) is 0 Å². The van der Waals surface area contributed by atoms with Crippen LogP contribution in [0.25, 0.3) is 0 Å². The van der Waals surface area contributed by atoms with Crippen LogP contribution in [-0.4, -0.2) is 60.5 Å². The van der Waals surface area contributed by atoms with E-state index in [1.165, 1.54) is 25.7 Å². The van der Waals surface area contributed by atoms with Crippen LogP contribution in [0.1, 0.15) is 52.0 Å². The zero-order valence-electron chi connectivity index (χ0n) is 15.3. The maximum Gasteiger partial charge on any atom is 0.255 e. The first-order valence-corrected chi connectivity index (χ1v) is 9.54. The Morgan fingerprint density at radius 1 is 1.19 bits per heavy atom. The van der Waals surface area contributed by atoms with E-state index in [2.05, 4.69) is 4.90 Å². The molecule has 1 aromatic carbocycles. The largest absolute Gasteiger partial charge is 0.384 e. The van der Waals surface area contributed by atoms with Gasteiger partial charge in [0.2, 0.25) is 5.91 Å². The van der Waals surface area contributed by atoms with E-state index in [1.807, 2.05) is 11.0 Å². The summed E-state index contributed by atoms with van der Waals surface area (Å²) in [6.07, 6.45) is 4.91. The van der Waals surface area contributed by atoms with Gasteiger partial charge in [-0.15, -0.1) is 0 Å². The third kappa shape index (κ3) is 3.01. The molecule has 0 unspecified atom stereocenters. The number of carbonyl (C=O) groups excluding carboxylic acids is 2. The highest BCUT2D eigenvalue weighted by molar-refractivity contribution is 6.09. The molecule has 2 fully saturated rings. The highest BCUT2D eigenvalue weighted by Crippen LogP contribution is 2.34. The summed E-state index contributed by atoms with van der Waals surface area (Å²) in [5.74, 6) is 0.137. The second kappa shape index (κ2) is 7.00. The lowest BCUT2D eigenvalue weighted by atomic mass is 9.84. The minimum Gasteiger partial charge on any atom is -0.384 e. The number of methoxy groups -OCH3 is 1.